The first-order chi connectivity index (χ1) is 8.56. The second-order valence-corrected chi connectivity index (χ2v) is 6.32. The summed E-state index contributed by atoms with van der Waals surface area (Å²) in [5, 5.41) is 0. The molecule has 0 radical (unpaired) electrons. The molecule has 1 saturated carbocycles. The maximum Gasteiger partial charge on any atom is 0.239 e. The topological polar surface area (TPSA) is 49.6 Å². The van der Waals surface area contributed by atoms with Crippen LogP contribution in [0.15, 0.2) is 0 Å². The molecule has 2 N–H and O–H groups in total. The van der Waals surface area contributed by atoms with Crippen LogP contribution in [0.5, 0.6) is 0 Å². The van der Waals surface area contributed by atoms with Crippen molar-refractivity contribution in [2.45, 2.75) is 38.1 Å². The SMILES string of the molecule is CN(C)CC1CCN(C(=O)[C@@H](N)CC2CC2)CC1. The summed E-state index contributed by atoms with van der Waals surface area (Å²) in [5.74, 6) is 1.66. The molecule has 0 spiro atoms. The molecule has 0 bridgehead atoms. The van der Waals surface area contributed by atoms with Gasteiger partial charge < -0.3 is 15.5 Å². The van der Waals surface area contributed by atoms with Crippen LogP contribution in [-0.2, 0) is 4.79 Å². The van der Waals surface area contributed by atoms with E-state index < -0.39 is 0 Å². The number of likely N-dealkylation sites (tertiary alicyclic amines) is 1. The third kappa shape index (κ3) is 3.95. The molecule has 1 amide bonds. The van der Waals surface area contributed by atoms with Crippen molar-refractivity contribution in [3.05, 3.63) is 0 Å². The number of nitrogens with two attached hydrogens (primary N) is 1. The van der Waals surface area contributed by atoms with E-state index in [1.54, 1.807) is 0 Å². The van der Waals surface area contributed by atoms with Gasteiger partial charge in [-0.25, -0.2) is 0 Å². The zero-order chi connectivity index (χ0) is 13.1. The Morgan fingerprint density at radius 1 is 1.22 bits per heavy atom. The molecule has 4 nitrogen and oxygen atoms in total. The lowest BCUT2D eigenvalue weighted by molar-refractivity contribution is -0.134. The zero-order valence-electron chi connectivity index (χ0n) is 11.8. The molecule has 2 aliphatic rings. The lowest BCUT2D eigenvalue weighted by Gasteiger charge is -2.34. The quantitative estimate of drug-likeness (QED) is 0.792. The van der Waals surface area contributed by atoms with Crippen LogP contribution in [0.3, 0.4) is 0 Å². The highest BCUT2D eigenvalue weighted by molar-refractivity contribution is 5.81. The summed E-state index contributed by atoms with van der Waals surface area (Å²) in [5.41, 5.74) is 6.00. The van der Waals surface area contributed by atoms with Crippen molar-refractivity contribution in [1.29, 1.82) is 0 Å². The molecular weight excluding hydrogens is 226 g/mol. The number of amides is 1. The van der Waals surface area contributed by atoms with Crippen LogP contribution in [0.2, 0.25) is 0 Å². The average Bonchev–Trinajstić information content (AvgIpc) is 3.12. The van der Waals surface area contributed by atoms with Crippen molar-refractivity contribution in [2.24, 2.45) is 17.6 Å². The number of carbonyl (C=O) groups excluding carboxylic acids is 1. The molecule has 4 heteroatoms. The highest BCUT2D eigenvalue weighted by Gasteiger charge is 2.31. The first kappa shape index (κ1) is 13.8. The van der Waals surface area contributed by atoms with Crippen LogP contribution in [0, 0.1) is 11.8 Å². The predicted molar refractivity (Wildman–Crippen MR) is 73.2 cm³/mol. The van der Waals surface area contributed by atoms with Crippen molar-refractivity contribution in [1.82, 2.24) is 9.80 Å². The molecule has 1 atom stereocenters. The lowest BCUT2D eigenvalue weighted by atomic mass is 9.95. The van der Waals surface area contributed by atoms with Gasteiger partial charge in [0.05, 0.1) is 6.04 Å². The predicted octanol–water partition coefficient (Wildman–Crippen LogP) is 0.914. The van der Waals surface area contributed by atoms with Crippen LogP contribution in [0.1, 0.15) is 32.1 Å². The fourth-order valence-electron chi connectivity index (χ4n) is 2.90. The van der Waals surface area contributed by atoms with Gasteiger partial charge in [0.2, 0.25) is 5.91 Å². The van der Waals surface area contributed by atoms with Gasteiger partial charge in [-0.05, 0) is 45.2 Å². The van der Waals surface area contributed by atoms with Crippen LogP contribution in [-0.4, -0.2) is 55.5 Å². The average molecular weight is 253 g/mol. The molecule has 2 rings (SSSR count). The van der Waals surface area contributed by atoms with E-state index in [0.29, 0.717) is 0 Å². The minimum absolute atomic E-state index is 0.185. The molecule has 18 heavy (non-hydrogen) atoms. The van der Waals surface area contributed by atoms with Crippen LogP contribution in [0.25, 0.3) is 0 Å². The van der Waals surface area contributed by atoms with Gasteiger partial charge in [-0.3, -0.25) is 4.79 Å². The minimum Gasteiger partial charge on any atom is -0.341 e. The molecule has 0 aromatic heterocycles. The molecular formula is C14H27N3O. The van der Waals surface area contributed by atoms with Crippen LogP contribution >= 0.6 is 0 Å². The molecule has 104 valence electrons. The maximum absolute atomic E-state index is 12.2. The first-order valence-electron chi connectivity index (χ1n) is 7.25. The van der Waals surface area contributed by atoms with E-state index in [2.05, 4.69) is 19.0 Å². The van der Waals surface area contributed by atoms with E-state index in [4.69, 9.17) is 5.73 Å². The summed E-state index contributed by atoms with van der Waals surface area (Å²) >= 11 is 0. The Kier molecular flexibility index (Phi) is 4.62. The van der Waals surface area contributed by atoms with Crippen molar-refractivity contribution >= 4 is 5.91 Å². The minimum atomic E-state index is -0.247. The normalized spacial score (nSPS) is 23.4. The molecule has 0 aromatic rings. The molecule has 0 aromatic carbocycles. The summed E-state index contributed by atoms with van der Waals surface area (Å²) in [7, 11) is 4.23. The molecule has 1 aliphatic heterocycles. The molecule has 1 aliphatic carbocycles. The van der Waals surface area contributed by atoms with Gasteiger partial charge in [0.1, 0.15) is 0 Å². The van der Waals surface area contributed by atoms with Crippen molar-refractivity contribution in [3.8, 4) is 0 Å². The summed E-state index contributed by atoms with van der Waals surface area (Å²) in [6.45, 7) is 2.93. The zero-order valence-corrected chi connectivity index (χ0v) is 11.8. The number of hydrogen-bond acceptors (Lipinski definition) is 3. The summed E-state index contributed by atoms with van der Waals surface area (Å²) < 4.78 is 0. The van der Waals surface area contributed by atoms with Gasteiger partial charge in [0.25, 0.3) is 0 Å². The number of rotatable bonds is 5. The standard InChI is InChI=1S/C14H27N3O/c1-16(2)10-12-5-7-17(8-6-12)14(18)13(15)9-11-3-4-11/h11-13H,3-10,15H2,1-2H3/t13-/m0/s1. The second-order valence-electron chi connectivity index (χ2n) is 6.32. The molecule has 1 heterocycles. The fraction of sp³-hybridized carbons (Fsp3) is 0.929. The number of piperidine rings is 1. The first-order valence-corrected chi connectivity index (χ1v) is 7.25. The third-order valence-corrected chi connectivity index (χ3v) is 4.15. The fourth-order valence-corrected chi connectivity index (χ4v) is 2.90. The van der Waals surface area contributed by atoms with E-state index in [-0.39, 0.29) is 11.9 Å². The van der Waals surface area contributed by atoms with Crippen molar-refractivity contribution in [2.75, 3.05) is 33.7 Å². The molecule has 2 fully saturated rings. The lowest BCUT2D eigenvalue weighted by Crippen LogP contribution is -2.48. The largest absolute Gasteiger partial charge is 0.341 e. The Morgan fingerprint density at radius 3 is 2.33 bits per heavy atom. The van der Waals surface area contributed by atoms with Gasteiger partial charge in [0.15, 0.2) is 0 Å². The molecule has 0 unspecified atom stereocenters. The Labute approximate surface area is 110 Å². The summed E-state index contributed by atoms with van der Waals surface area (Å²) in [4.78, 5) is 16.4. The van der Waals surface area contributed by atoms with Gasteiger partial charge >= 0.3 is 0 Å². The van der Waals surface area contributed by atoms with Gasteiger partial charge in [-0.15, -0.1) is 0 Å². The van der Waals surface area contributed by atoms with Crippen LogP contribution in [0.4, 0.5) is 0 Å². The van der Waals surface area contributed by atoms with Crippen molar-refractivity contribution < 1.29 is 4.79 Å². The second kappa shape index (κ2) is 6.02. The number of nitrogens with zero attached hydrogens (tertiary/aromatic N) is 2. The molecule has 1 saturated heterocycles. The maximum atomic E-state index is 12.2. The van der Waals surface area contributed by atoms with E-state index in [1.165, 1.54) is 12.8 Å². The summed E-state index contributed by atoms with van der Waals surface area (Å²) in [6.07, 6.45) is 5.69. The highest BCUT2D eigenvalue weighted by atomic mass is 16.2. The van der Waals surface area contributed by atoms with Gasteiger partial charge in [-0.1, -0.05) is 12.8 Å². The third-order valence-electron chi connectivity index (χ3n) is 4.15. The highest BCUT2D eigenvalue weighted by Crippen LogP contribution is 2.33. The Morgan fingerprint density at radius 2 is 1.83 bits per heavy atom. The van der Waals surface area contributed by atoms with Crippen LogP contribution < -0.4 is 5.73 Å². The smallest absolute Gasteiger partial charge is 0.239 e. The van der Waals surface area contributed by atoms with Crippen molar-refractivity contribution in [3.63, 3.8) is 0 Å². The van der Waals surface area contributed by atoms with Gasteiger partial charge in [0, 0.05) is 19.6 Å². The summed E-state index contributed by atoms with van der Waals surface area (Å²) in [6, 6.07) is -0.247. The number of carbonyl (C=O) groups is 1. The van der Waals surface area contributed by atoms with E-state index in [0.717, 1.165) is 50.7 Å². The Balaban J connectivity index is 1.72. The van der Waals surface area contributed by atoms with Gasteiger partial charge in [-0.2, -0.15) is 0 Å². The Bertz CT molecular complexity index is 281. The Hall–Kier alpha value is -0.610. The monoisotopic (exact) mass is 253 g/mol. The van der Waals surface area contributed by atoms with E-state index in [9.17, 15) is 4.79 Å². The number of hydrogen-bond donors (Lipinski definition) is 1. The van der Waals surface area contributed by atoms with E-state index >= 15 is 0 Å². The van der Waals surface area contributed by atoms with E-state index in [1.807, 2.05) is 4.90 Å².